The minimum absolute atomic E-state index is 0.0355. The monoisotopic (exact) mass is 278 g/mol. The Morgan fingerprint density at radius 2 is 1.85 bits per heavy atom. The van der Waals surface area contributed by atoms with Gasteiger partial charge < -0.3 is 10.0 Å². The molecule has 0 radical (unpaired) electrons. The summed E-state index contributed by atoms with van der Waals surface area (Å²) in [5.74, 6) is -1.13. The van der Waals surface area contributed by atoms with E-state index >= 15 is 0 Å². The van der Waals surface area contributed by atoms with Crippen LogP contribution in [0.25, 0.3) is 0 Å². The molecule has 1 fully saturated rings. The second-order valence-electron chi connectivity index (χ2n) is 4.66. The first-order chi connectivity index (χ1) is 9.60. The molecule has 7 nitrogen and oxygen atoms in total. The SMILES string of the molecule is N#CCCN(CCC#N)C(=O)CN1CCCC1C(=O)O. The van der Waals surface area contributed by atoms with E-state index < -0.39 is 12.0 Å². The summed E-state index contributed by atoms with van der Waals surface area (Å²) in [4.78, 5) is 26.3. The molecule has 0 aliphatic carbocycles. The van der Waals surface area contributed by atoms with E-state index in [1.165, 1.54) is 4.90 Å². The number of carboxylic acid groups (broad SMARTS) is 1. The molecule has 20 heavy (non-hydrogen) atoms. The molecule has 0 aromatic heterocycles. The maximum Gasteiger partial charge on any atom is 0.320 e. The first-order valence-electron chi connectivity index (χ1n) is 6.58. The number of aliphatic carboxylic acids is 1. The van der Waals surface area contributed by atoms with Gasteiger partial charge in [0, 0.05) is 13.1 Å². The van der Waals surface area contributed by atoms with Crippen LogP contribution in [0.5, 0.6) is 0 Å². The molecule has 0 spiro atoms. The van der Waals surface area contributed by atoms with Gasteiger partial charge in [-0.25, -0.2) is 0 Å². The average Bonchev–Trinajstić information content (AvgIpc) is 2.87. The summed E-state index contributed by atoms with van der Waals surface area (Å²) >= 11 is 0. The largest absolute Gasteiger partial charge is 0.480 e. The van der Waals surface area contributed by atoms with Crippen LogP contribution in [0.1, 0.15) is 25.7 Å². The molecule has 1 saturated heterocycles. The lowest BCUT2D eigenvalue weighted by Gasteiger charge is -2.26. The molecule has 1 N–H and O–H groups in total. The molecule has 1 heterocycles. The molecule has 7 heteroatoms. The van der Waals surface area contributed by atoms with Crippen LogP contribution in [-0.4, -0.2) is 59.0 Å². The highest BCUT2D eigenvalue weighted by Crippen LogP contribution is 2.17. The third kappa shape index (κ3) is 4.52. The normalized spacial score (nSPS) is 18.2. The van der Waals surface area contributed by atoms with Crippen LogP contribution in [0.15, 0.2) is 0 Å². The van der Waals surface area contributed by atoms with Gasteiger partial charge in [0.05, 0.1) is 31.5 Å². The zero-order valence-electron chi connectivity index (χ0n) is 11.3. The Morgan fingerprint density at radius 3 is 2.35 bits per heavy atom. The first kappa shape index (κ1) is 15.9. The van der Waals surface area contributed by atoms with Crippen LogP contribution in [0.2, 0.25) is 0 Å². The number of carbonyl (C=O) groups is 2. The Labute approximate surface area is 118 Å². The first-order valence-corrected chi connectivity index (χ1v) is 6.58. The number of rotatable bonds is 7. The molecule has 1 aliphatic rings. The highest BCUT2D eigenvalue weighted by atomic mass is 16.4. The van der Waals surface area contributed by atoms with Gasteiger partial charge in [0.25, 0.3) is 0 Å². The Bertz CT molecular complexity index is 420. The van der Waals surface area contributed by atoms with Crippen LogP contribution in [-0.2, 0) is 9.59 Å². The minimum atomic E-state index is -0.907. The van der Waals surface area contributed by atoms with Crippen molar-refractivity contribution in [2.75, 3.05) is 26.2 Å². The minimum Gasteiger partial charge on any atom is -0.480 e. The van der Waals surface area contributed by atoms with Crippen LogP contribution in [0, 0.1) is 22.7 Å². The number of amides is 1. The molecule has 1 unspecified atom stereocenters. The molecular weight excluding hydrogens is 260 g/mol. The van der Waals surface area contributed by atoms with Crippen molar-refractivity contribution in [3.05, 3.63) is 0 Å². The van der Waals surface area contributed by atoms with Gasteiger partial charge in [0.15, 0.2) is 0 Å². The van der Waals surface area contributed by atoms with E-state index in [0.29, 0.717) is 13.0 Å². The molecule has 0 aromatic rings. The van der Waals surface area contributed by atoms with Crippen molar-refractivity contribution in [1.29, 1.82) is 10.5 Å². The number of hydrogen-bond donors (Lipinski definition) is 1. The summed E-state index contributed by atoms with van der Waals surface area (Å²) in [5.41, 5.74) is 0. The fourth-order valence-electron chi connectivity index (χ4n) is 2.30. The van der Waals surface area contributed by atoms with Gasteiger partial charge in [-0.15, -0.1) is 0 Å². The predicted octanol–water partition coefficient (Wildman–Crippen LogP) is 0.191. The third-order valence-electron chi connectivity index (χ3n) is 3.33. The second-order valence-corrected chi connectivity index (χ2v) is 4.66. The number of carbonyl (C=O) groups excluding carboxylic acids is 1. The van der Waals surface area contributed by atoms with Crippen molar-refractivity contribution in [2.45, 2.75) is 31.7 Å². The fraction of sp³-hybridized carbons (Fsp3) is 0.692. The zero-order chi connectivity index (χ0) is 15.0. The van der Waals surface area contributed by atoms with Crippen LogP contribution >= 0.6 is 0 Å². The molecular formula is C13H18N4O3. The summed E-state index contributed by atoms with van der Waals surface area (Å²) in [6, 6.07) is 3.33. The van der Waals surface area contributed by atoms with E-state index in [1.807, 2.05) is 12.1 Å². The summed E-state index contributed by atoms with van der Waals surface area (Å²) in [5, 5.41) is 26.2. The Hall–Kier alpha value is -2.12. The van der Waals surface area contributed by atoms with Crippen molar-refractivity contribution in [3.8, 4) is 12.1 Å². The smallest absolute Gasteiger partial charge is 0.320 e. The molecule has 0 aromatic carbocycles. The van der Waals surface area contributed by atoms with E-state index in [2.05, 4.69) is 0 Å². The lowest BCUT2D eigenvalue weighted by atomic mass is 10.2. The van der Waals surface area contributed by atoms with E-state index in [1.54, 1.807) is 4.90 Å². The second kappa shape index (κ2) is 8.13. The van der Waals surface area contributed by atoms with Gasteiger partial charge in [-0.2, -0.15) is 10.5 Å². The van der Waals surface area contributed by atoms with Crippen LogP contribution in [0.4, 0.5) is 0 Å². The van der Waals surface area contributed by atoms with Gasteiger partial charge in [-0.05, 0) is 19.4 Å². The zero-order valence-corrected chi connectivity index (χ0v) is 11.3. The topological polar surface area (TPSA) is 108 Å². The van der Waals surface area contributed by atoms with E-state index in [9.17, 15) is 9.59 Å². The standard InChI is InChI=1S/C13H18N4O3/c14-5-2-8-16(9-3-6-15)12(18)10-17-7-1-4-11(17)13(19)20/h11H,1-4,7-10H2,(H,19,20). The van der Waals surface area contributed by atoms with Crippen LogP contribution in [0.3, 0.4) is 0 Å². The number of nitriles is 2. The van der Waals surface area contributed by atoms with Gasteiger partial charge >= 0.3 is 5.97 Å². The Balaban J connectivity index is 2.58. The number of nitrogens with zero attached hydrogens (tertiary/aromatic N) is 4. The molecule has 1 atom stereocenters. The maximum atomic E-state index is 12.2. The van der Waals surface area contributed by atoms with Crippen LogP contribution < -0.4 is 0 Å². The van der Waals surface area contributed by atoms with E-state index in [-0.39, 0.29) is 38.4 Å². The van der Waals surface area contributed by atoms with E-state index in [0.717, 1.165) is 6.42 Å². The van der Waals surface area contributed by atoms with Crippen molar-refractivity contribution in [1.82, 2.24) is 9.80 Å². The van der Waals surface area contributed by atoms with Crippen molar-refractivity contribution in [2.24, 2.45) is 0 Å². The highest BCUT2D eigenvalue weighted by Gasteiger charge is 2.32. The molecule has 1 amide bonds. The van der Waals surface area contributed by atoms with Gasteiger partial charge in [-0.3, -0.25) is 14.5 Å². The predicted molar refractivity (Wildman–Crippen MR) is 69.3 cm³/mol. The average molecular weight is 278 g/mol. The Kier molecular flexibility index (Phi) is 6.48. The van der Waals surface area contributed by atoms with Gasteiger partial charge in [-0.1, -0.05) is 0 Å². The molecule has 0 bridgehead atoms. The quantitative estimate of drug-likeness (QED) is 0.712. The number of carboxylic acids is 1. The van der Waals surface area contributed by atoms with Crippen molar-refractivity contribution < 1.29 is 14.7 Å². The van der Waals surface area contributed by atoms with E-state index in [4.69, 9.17) is 15.6 Å². The lowest BCUT2D eigenvalue weighted by molar-refractivity contribution is -0.143. The summed E-state index contributed by atoms with van der Waals surface area (Å²) in [6.07, 6.45) is 1.73. The fourth-order valence-corrected chi connectivity index (χ4v) is 2.30. The summed E-state index contributed by atoms with van der Waals surface area (Å²) < 4.78 is 0. The number of hydrogen-bond acceptors (Lipinski definition) is 5. The molecule has 1 rings (SSSR count). The molecule has 108 valence electrons. The number of likely N-dealkylation sites (tertiary alicyclic amines) is 1. The maximum absolute atomic E-state index is 12.2. The lowest BCUT2D eigenvalue weighted by Crippen LogP contribution is -2.45. The van der Waals surface area contributed by atoms with Crippen molar-refractivity contribution >= 4 is 11.9 Å². The van der Waals surface area contributed by atoms with Gasteiger partial charge in [0.2, 0.25) is 5.91 Å². The summed E-state index contributed by atoms with van der Waals surface area (Å²) in [6.45, 7) is 1.19. The van der Waals surface area contributed by atoms with Gasteiger partial charge in [0.1, 0.15) is 6.04 Å². The Morgan fingerprint density at radius 1 is 1.25 bits per heavy atom. The molecule has 1 aliphatic heterocycles. The summed E-state index contributed by atoms with van der Waals surface area (Å²) in [7, 11) is 0. The third-order valence-corrected chi connectivity index (χ3v) is 3.33. The molecule has 0 saturated carbocycles. The highest BCUT2D eigenvalue weighted by molar-refractivity contribution is 5.80. The van der Waals surface area contributed by atoms with Crippen molar-refractivity contribution in [3.63, 3.8) is 0 Å².